The van der Waals surface area contributed by atoms with Crippen molar-refractivity contribution >= 4 is 16.6 Å². The molecule has 0 amide bonds. The number of anilines is 1. The molecule has 1 saturated carbocycles. The van der Waals surface area contributed by atoms with Crippen LogP contribution in [0.5, 0.6) is 0 Å². The van der Waals surface area contributed by atoms with Gasteiger partial charge >= 0.3 is 0 Å². The van der Waals surface area contributed by atoms with Gasteiger partial charge in [-0.2, -0.15) is 0 Å². The molecular weight excluding hydrogens is 263 g/mol. The van der Waals surface area contributed by atoms with E-state index in [1.165, 1.54) is 5.39 Å². The Balaban J connectivity index is 1.43. The second kappa shape index (κ2) is 4.92. The third-order valence-corrected chi connectivity index (χ3v) is 4.41. The van der Waals surface area contributed by atoms with Crippen molar-refractivity contribution in [3.05, 3.63) is 66.1 Å². The summed E-state index contributed by atoms with van der Waals surface area (Å²) in [6.07, 6.45) is 3.93. The molecule has 106 valence electrons. The molecular formula is C18H17FN2. The number of fused-ring (bicyclic) bond motifs is 1. The summed E-state index contributed by atoms with van der Waals surface area (Å²) in [5.41, 5.74) is 3.15. The second-order valence-corrected chi connectivity index (χ2v) is 5.81. The first kappa shape index (κ1) is 12.5. The lowest BCUT2D eigenvalue weighted by molar-refractivity contribution is 0.363. The first-order valence-corrected chi connectivity index (χ1v) is 7.38. The summed E-state index contributed by atoms with van der Waals surface area (Å²) in [4.78, 5) is 3.19. The van der Waals surface area contributed by atoms with E-state index in [9.17, 15) is 4.39 Å². The molecule has 0 aliphatic heterocycles. The van der Waals surface area contributed by atoms with Crippen LogP contribution in [0, 0.1) is 5.82 Å². The molecule has 0 bridgehead atoms. The van der Waals surface area contributed by atoms with Crippen molar-refractivity contribution in [3.63, 3.8) is 0 Å². The predicted octanol–water partition coefficient (Wildman–Crippen LogP) is 4.67. The molecule has 1 fully saturated rings. The monoisotopic (exact) mass is 280 g/mol. The van der Waals surface area contributed by atoms with E-state index in [-0.39, 0.29) is 5.82 Å². The summed E-state index contributed by atoms with van der Waals surface area (Å²) >= 11 is 0. The van der Waals surface area contributed by atoms with Gasteiger partial charge in [-0.25, -0.2) is 4.39 Å². The summed E-state index contributed by atoms with van der Waals surface area (Å²) in [5, 5.41) is 4.76. The highest BCUT2D eigenvalue weighted by molar-refractivity contribution is 5.83. The van der Waals surface area contributed by atoms with Crippen LogP contribution in [0.2, 0.25) is 0 Å². The average Bonchev–Trinajstić information content (AvgIpc) is 2.91. The molecule has 2 N–H and O–H groups in total. The van der Waals surface area contributed by atoms with E-state index in [4.69, 9.17) is 0 Å². The van der Waals surface area contributed by atoms with Crippen LogP contribution in [0.1, 0.15) is 24.3 Å². The molecule has 2 aromatic carbocycles. The summed E-state index contributed by atoms with van der Waals surface area (Å²) in [5.74, 6) is 0.273. The minimum atomic E-state index is -0.0744. The lowest BCUT2D eigenvalue weighted by atomic mass is 9.75. The van der Waals surface area contributed by atoms with Gasteiger partial charge in [-0.05, 0) is 54.7 Å². The van der Waals surface area contributed by atoms with Crippen LogP contribution in [-0.2, 0) is 0 Å². The van der Waals surface area contributed by atoms with Gasteiger partial charge in [-0.1, -0.05) is 18.2 Å². The molecule has 2 nitrogen and oxygen atoms in total. The fourth-order valence-corrected chi connectivity index (χ4v) is 3.17. The van der Waals surface area contributed by atoms with E-state index in [0.29, 0.717) is 12.0 Å². The molecule has 0 atom stereocenters. The number of nitrogens with one attached hydrogen (secondary N) is 2. The highest BCUT2D eigenvalue weighted by atomic mass is 19.1. The number of H-pyrrole nitrogens is 1. The van der Waals surface area contributed by atoms with Crippen molar-refractivity contribution in [3.8, 4) is 0 Å². The van der Waals surface area contributed by atoms with Crippen LogP contribution in [0.3, 0.4) is 0 Å². The molecule has 21 heavy (non-hydrogen) atoms. The van der Waals surface area contributed by atoms with Crippen LogP contribution >= 0.6 is 0 Å². The number of benzene rings is 2. The lowest BCUT2D eigenvalue weighted by Gasteiger charge is -2.37. The smallest absolute Gasteiger partial charge is 0.126 e. The minimum Gasteiger partial charge on any atom is -0.382 e. The van der Waals surface area contributed by atoms with Gasteiger partial charge < -0.3 is 10.3 Å². The Hall–Kier alpha value is -2.29. The van der Waals surface area contributed by atoms with Crippen LogP contribution in [-0.4, -0.2) is 11.0 Å². The van der Waals surface area contributed by atoms with Gasteiger partial charge in [0.1, 0.15) is 5.82 Å². The Labute approximate surface area is 123 Å². The first-order valence-electron chi connectivity index (χ1n) is 7.38. The normalized spacial score (nSPS) is 21.2. The van der Waals surface area contributed by atoms with E-state index >= 15 is 0 Å². The number of halogens is 1. The Bertz CT molecular complexity index is 771. The average molecular weight is 280 g/mol. The molecule has 3 heteroatoms. The number of aromatic nitrogens is 1. The molecule has 0 spiro atoms. The molecule has 0 radical (unpaired) electrons. The molecule has 0 saturated heterocycles. The van der Waals surface area contributed by atoms with Crippen LogP contribution < -0.4 is 5.32 Å². The van der Waals surface area contributed by atoms with Crippen LogP contribution in [0.25, 0.3) is 10.9 Å². The van der Waals surface area contributed by atoms with Crippen molar-refractivity contribution in [2.45, 2.75) is 24.8 Å². The largest absolute Gasteiger partial charge is 0.382 e. The minimum absolute atomic E-state index is 0.0744. The van der Waals surface area contributed by atoms with Gasteiger partial charge in [0.15, 0.2) is 0 Å². The number of hydrogen-bond donors (Lipinski definition) is 2. The maximum Gasteiger partial charge on any atom is 0.126 e. The molecule has 1 aromatic heterocycles. The summed E-state index contributed by atoms with van der Waals surface area (Å²) in [6, 6.07) is 16.0. The number of hydrogen-bond acceptors (Lipinski definition) is 1. The van der Waals surface area contributed by atoms with Crippen LogP contribution in [0.15, 0.2) is 54.7 Å². The van der Waals surface area contributed by atoms with Crippen molar-refractivity contribution in [1.29, 1.82) is 0 Å². The number of rotatable bonds is 3. The summed E-state index contributed by atoms with van der Waals surface area (Å²) in [7, 11) is 0. The molecule has 0 unspecified atom stereocenters. The topological polar surface area (TPSA) is 27.8 Å². The maximum atomic E-state index is 13.7. The van der Waals surface area contributed by atoms with Gasteiger partial charge in [0, 0.05) is 28.8 Å². The number of aromatic amines is 1. The molecule has 3 aromatic rings. The third kappa shape index (κ3) is 2.29. The summed E-state index contributed by atoms with van der Waals surface area (Å²) < 4.78 is 13.7. The maximum absolute atomic E-state index is 13.7. The van der Waals surface area contributed by atoms with Crippen molar-refractivity contribution in [2.75, 3.05) is 5.32 Å². The molecule has 1 aliphatic rings. The Morgan fingerprint density at radius 3 is 2.76 bits per heavy atom. The zero-order valence-corrected chi connectivity index (χ0v) is 11.6. The molecule has 1 heterocycles. The van der Waals surface area contributed by atoms with Gasteiger partial charge in [-0.3, -0.25) is 0 Å². The zero-order valence-electron chi connectivity index (χ0n) is 11.6. The SMILES string of the molecule is Fc1ccccc1C1CC(Nc2ccc3[nH]ccc3c2)C1. The van der Waals surface area contributed by atoms with Gasteiger partial charge in [0.2, 0.25) is 0 Å². The molecule has 4 rings (SSSR count). The summed E-state index contributed by atoms with van der Waals surface area (Å²) in [6.45, 7) is 0. The quantitative estimate of drug-likeness (QED) is 0.717. The van der Waals surface area contributed by atoms with E-state index < -0.39 is 0 Å². The van der Waals surface area contributed by atoms with E-state index in [2.05, 4.69) is 34.6 Å². The standard InChI is InChI=1S/C18H17FN2/c19-17-4-2-1-3-16(17)13-10-15(11-13)21-14-5-6-18-12(9-14)7-8-20-18/h1-9,13,15,20-21H,10-11H2. The zero-order chi connectivity index (χ0) is 14.2. The second-order valence-electron chi connectivity index (χ2n) is 5.81. The van der Waals surface area contributed by atoms with Crippen molar-refractivity contribution in [2.24, 2.45) is 0 Å². The fourth-order valence-electron chi connectivity index (χ4n) is 3.17. The van der Waals surface area contributed by atoms with Crippen molar-refractivity contribution < 1.29 is 4.39 Å². The van der Waals surface area contributed by atoms with E-state index in [1.807, 2.05) is 18.3 Å². The predicted molar refractivity (Wildman–Crippen MR) is 84.1 cm³/mol. The first-order chi connectivity index (χ1) is 10.3. The van der Waals surface area contributed by atoms with Gasteiger partial charge in [-0.15, -0.1) is 0 Å². The lowest BCUT2D eigenvalue weighted by Crippen LogP contribution is -2.34. The highest BCUT2D eigenvalue weighted by Gasteiger charge is 2.31. The molecule has 1 aliphatic carbocycles. The van der Waals surface area contributed by atoms with Crippen LogP contribution in [0.4, 0.5) is 10.1 Å². The Morgan fingerprint density at radius 1 is 1.05 bits per heavy atom. The Morgan fingerprint density at radius 2 is 1.90 bits per heavy atom. The van der Waals surface area contributed by atoms with E-state index in [1.54, 1.807) is 12.1 Å². The van der Waals surface area contributed by atoms with Gasteiger partial charge in [0.05, 0.1) is 0 Å². The highest BCUT2D eigenvalue weighted by Crippen LogP contribution is 2.39. The van der Waals surface area contributed by atoms with Gasteiger partial charge in [0.25, 0.3) is 0 Å². The fraction of sp³-hybridized carbons (Fsp3) is 0.222. The van der Waals surface area contributed by atoms with E-state index in [0.717, 1.165) is 29.6 Å². The van der Waals surface area contributed by atoms with Crippen molar-refractivity contribution in [1.82, 2.24) is 4.98 Å². The Kier molecular flexibility index (Phi) is 2.92. The third-order valence-electron chi connectivity index (χ3n) is 4.41.